The van der Waals surface area contributed by atoms with Crippen molar-refractivity contribution in [1.82, 2.24) is 4.98 Å². The number of benzene rings is 1. The lowest BCUT2D eigenvalue weighted by Crippen LogP contribution is -2.07. The van der Waals surface area contributed by atoms with E-state index >= 15 is 0 Å². The summed E-state index contributed by atoms with van der Waals surface area (Å²) in [5, 5.41) is 12.9. The van der Waals surface area contributed by atoms with Crippen molar-refractivity contribution < 1.29 is 19.4 Å². The molecule has 0 saturated heterocycles. The van der Waals surface area contributed by atoms with Gasteiger partial charge in [0.2, 0.25) is 0 Å². The van der Waals surface area contributed by atoms with Gasteiger partial charge in [-0.3, -0.25) is 5.43 Å². The summed E-state index contributed by atoms with van der Waals surface area (Å²) < 4.78 is 11.9. The molecule has 0 aliphatic carbocycles. The maximum atomic E-state index is 10.8. The maximum absolute atomic E-state index is 10.8. The number of anilines is 1. The number of carboxylic acid groups (broad SMARTS) is 1. The number of pyridine rings is 1. The van der Waals surface area contributed by atoms with E-state index in [2.05, 4.69) is 31.4 Å². The van der Waals surface area contributed by atoms with Crippen LogP contribution in [0.1, 0.15) is 29.8 Å². The van der Waals surface area contributed by atoms with Crippen LogP contribution in [0.5, 0.6) is 11.5 Å². The molecule has 0 saturated carbocycles. The average Bonchev–Trinajstić information content (AvgIpc) is 2.57. The van der Waals surface area contributed by atoms with Gasteiger partial charge in [0.05, 0.1) is 29.5 Å². The fourth-order valence-corrected chi connectivity index (χ4v) is 2.48. The first-order valence-corrected chi connectivity index (χ1v) is 8.22. The number of aromatic carboxylic acids is 1. The topological polar surface area (TPSA) is 93.0 Å². The molecule has 0 radical (unpaired) electrons. The van der Waals surface area contributed by atoms with Crippen LogP contribution >= 0.6 is 15.9 Å². The van der Waals surface area contributed by atoms with Crippen molar-refractivity contribution in [3.05, 3.63) is 46.1 Å². The highest BCUT2D eigenvalue weighted by Gasteiger charge is 2.12. The van der Waals surface area contributed by atoms with Crippen LogP contribution in [-0.2, 0) is 0 Å². The number of hydrazone groups is 1. The summed E-state index contributed by atoms with van der Waals surface area (Å²) in [6.45, 7) is 3.88. The quantitative estimate of drug-likeness (QED) is 0.535. The van der Waals surface area contributed by atoms with Gasteiger partial charge in [-0.05, 0) is 59.6 Å². The van der Waals surface area contributed by atoms with E-state index in [4.69, 9.17) is 14.6 Å². The molecule has 0 amide bonds. The molecule has 0 atom stereocenters. The molecule has 0 aliphatic rings. The number of nitrogens with zero attached hydrogens (tertiary/aromatic N) is 2. The van der Waals surface area contributed by atoms with Crippen molar-refractivity contribution in [2.75, 3.05) is 12.5 Å². The third kappa shape index (κ3) is 5.18. The number of hydrogen-bond acceptors (Lipinski definition) is 6. The number of methoxy groups -OCH3 is 1. The minimum absolute atomic E-state index is 0.0197. The van der Waals surface area contributed by atoms with Crippen LogP contribution in [0.15, 0.2) is 40.0 Å². The first-order chi connectivity index (χ1) is 11.9. The summed E-state index contributed by atoms with van der Waals surface area (Å²) in [7, 11) is 1.57. The van der Waals surface area contributed by atoms with Gasteiger partial charge in [-0.2, -0.15) is 5.10 Å². The van der Waals surface area contributed by atoms with Crippen LogP contribution in [0.4, 0.5) is 5.82 Å². The zero-order valence-electron chi connectivity index (χ0n) is 14.0. The number of hydrogen-bond donors (Lipinski definition) is 2. The highest BCUT2D eigenvalue weighted by atomic mass is 79.9. The number of aromatic nitrogens is 1. The molecule has 0 spiro atoms. The second-order valence-electron chi connectivity index (χ2n) is 5.31. The van der Waals surface area contributed by atoms with Gasteiger partial charge in [-0.25, -0.2) is 9.78 Å². The van der Waals surface area contributed by atoms with Gasteiger partial charge in [0.25, 0.3) is 0 Å². The molecule has 132 valence electrons. The van der Waals surface area contributed by atoms with E-state index in [0.29, 0.717) is 17.3 Å². The molecular formula is C17H18BrN3O4. The predicted octanol–water partition coefficient (Wildman–Crippen LogP) is 3.78. The monoisotopic (exact) mass is 407 g/mol. The Kier molecular flexibility index (Phi) is 6.35. The van der Waals surface area contributed by atoms with Gasteiger partial charge in [0.1, 0.15) is 5.82 Å². The molecule has 1 aromatic heterocycles. The standard InChI is InChI=1S/C17H18BrN3O4/c1-10(2)25-16-13(18)6-11(7-14(16)24-3)8-20-21-15-5-4-12(9-19-15)17(22)23/h4-10H,1-3H3,(H,19,21)(H,22,23)/b20-8+. The molecule has 1 heterocycles. The molecule has 0 fully saturated rings. The Balaban J connectivity index is 2.12. The van der Waals surface area contributed by atoms with Crippen molar-refractivity contribution in [3.8, 4) is 11.5 Å². The Labute approximate surface area is 153 Å². The zero-order valence-corrected chi connectivity index (χ0v) is 15.6. The number of nitrogens with one attached hydrogen (secondary N) is 1. The minimum Gasteiger partial charge on any atom is -0.493 e. The fourth-order valence-electron chi connectivity index (χ4n) is 1.92. The Morgan fingerprint density at radius 3 is 2.72 bits per heavy atom. The summed E-state index contributed by atoms with van der Waals surface area (Å²) in [6, 6.07) is 6.64. The van der Waals surface area contributed by atoms with Crippen molar-refractivity contribution in [1.29, 1.82) is 0 Å². The Bertz CT molecular complexity index is 776. The smallest absolute Gasteiger partial charge is 0.337 e. The fraction of sp³-hybridized carbons (Fsp3) is 0.235. The molecule has 2 rings (SSSR count). The summed E-state index contributed by atoms with van der Waals surface area (Å²) >= 11 is 3.47. The van der Waals surface area contributed by atoms with Gasteiger partial charge in [-0.1, -0.05) is 0 Å². The molecule has 0 aliphatic heterocycles. The van der Waals surface area contributed by atoms with Crippen LogP contribution in [0, 0.1) is 0 Å². The number of ether oxygens (including phenoxy) is 2. The third-order valence-electron chi connectivity index (χ3n) is 3.01. The summed E-state index contributed by atoms with van der Waals surface area (Å²) in [6.07, 6.45) is 2.88. The summed E-state index contributed by atoms with van der Waals surface area (Å²) in [4.78, 5) is 14.8. The lowest BCUT2D eigenvalue weighted by Gasteiger charge is -2.15. The Morgan fingerprint density at radius 2 is 2.16 bits per heavy atom. The lowest BCUT2D eigenvalue weighted by atomic mass is 10.2. The number of rotatable bonds is 7. The Morgan fingerprint density at radius 1 is 1.40 bits per heavy atom. The van der Waals surface area contributed by atoms with E-state index in [1.807, 2.05) is 19.9 Å². The van der Waals surface area contributed by atoms with Gasteiger partial charge in [0, 0.05) is 6.20 Å². The van der Waals surface area contributed by atoms with E-state index in [-0.39, 0.29) is 11.7 Å². The third-order valence-corrected chi connectivity index (χ3v) is 3.60. The second-order valence-corrected chi connectivity index (χ2v) is 6.16. The number of carboxylic acids is 1. The number of halogens is 1. The van der Waals surface area contributed by atoms with Gasteiger partial charge in [0.15, 0.2) is 11.5 Å². The molecule has 7 nitrogen and oxygen atoms in total. The van der Waals surface area contributed by atoms with E-state index in [1.54, 1.807) is 19.4 Å². The SMILES string of the molecule is COc1cc(/C=N/Nc2ccc(C(=O)O)cn2)cc(Br)c1OC(C)C. The van der Waals surface area contributed by atoms with Gasteiger partial charge >= 0.3 is 5.97 Å². The first-order valence-electron chi connectivity index (χ1n) is 7.43. The lowest BCUT2D eigenvalue weighted by molar-refractivity contribution is 0.0696. The Hall–Kier alpha value is -2.61. The molecular weight excluding hydrogens is 390 g/mol. The summed E-state index contributed by atoms with van der Waals surface area (Å²) in [5.41, 5.74) is 3.64. The van der Waals surface area contributed by atoms with Crippen LogP contribution in [0.25, 0.3) is 0 Å². The van der Waals surface area contributed by atoms with Crippen LogP contribution in [-0.4, -0.2) is 35.5 Å². The minimum atomic E-state index is -1.02. The van der Waals surface area contributed by atoms with Crippen LogP contribution in [0.2, 0.25) is 0 Å². The predicted molar refractivity (Wildman–Crippen MR) is 98.9 cm³/mol. The van der Waals surface area contributed by atoms with E-state index < -0.39 is 5.97 Å². The van der Waals surface area contributed by atoms with E-state index in [1.165, 1.54) is 18.3 Å². The van der Waals surface area contributed by atoms with Gasteiger partial charge in [-0.15, -0.1) is 0 Å². The maximum Gasteiger partial charge on any atom is 0.337 e. The van der Waals surface area contributed by atoms with Crippen molar-refractivity contribution in [2.24, 2.45) is 5.10 Å². The molecule has 25 heavy (non-hydrogen) atoms. The van der Waals surface area contributed by atoms with Crippen LogP contribution < -0.4 is 14.9 Å². The van der Waals surface area contributed by atoms with Crippen LogP contribution in [0.3, 0.4) is 0 Å². The average molecular weight is 408 g/mol. The normalized spacial score (nSPS) is 10.9. The highest BCUT2D eigenvalue weighted by Crippen LogP contribution is 2.36. The first kappa shape index (κ1) is 18.7. The van der Waals surface area contributed by atoms with Crippen molar-refractivity contribution in [2.45, 2.75) is 20.0 Å². The zero-order chi connectivity index (χ0) is 18.4. The largest absolute Gasteiger partial charge is 0.493 e. The molecule has 8 heteroatoms. The molecule has 1 aromatic carbocycles. The molecule has 0 unspecified atom stereocenters. The molecule has 2 aromatic rings. The van der Waals surface area contributed by atoms with Crippen molar-refractivity contribution >= 4 is 33.9 Å². The second kappa shape index (κ2) is 8.48. The molecule has 0 bridgehead atoms. The summed E-state index contributed by atoms with van der Waals surface area (Å²) in [5.74, 6) is 0.636. The van der Waals surface area contributed by atoms with Gasteiger partial charge < -0.3 is 14.6 Å². The van der Waals surface area contributed by atoms with E-state index in [0.717, 1.165) is 10.0 Å². The number of carbonyl (C=O) groups is 1. The highest BCUT2D eigenvalue weighted by molar-refractivity contribution is 9.10. The van der Waals surface area contributed by atoms with E-state index in [9.17, 15) is 4.79 Å². The molecule has 2 N–H and O–H groups in total. The van der Waals surface area contributed by atoms with Crippen molar-refractivity contribution in [3.63, 3.8) is 0 Å².